The van der Waals surface area contributed by atoms with Crippen LogP contribution >= 0.6 is 11.6 Å². The first kappa shape index (κ1) is 17.9. The van der Waals surface area contributed by atoms with Crippen LogP contribution in [0.5, 0.6) is 11.5 Å². The maximum Gasteiger partial charge on any atom is 0.127 e. The molecule has 3 heteroatoms. The molecule has 0 saturated heterocycles. The standard InChI is InChI=1S/C20H27ClO2/c1-3-14-22-19-12-13-20(18-11-6-5-10-17(18)19)23-15-8-7-9-16(21)4-2/h5-6,10-13,16H,3-4,7-9,14-15H2,1-2H3. The average Bonchev–Trinajstić information content (AvgIpc) is 2.60. The second-order valence-corrected chi connectivity index (χ2v) is 6.42. The lowest BCUT2D eigenvalue weighted by Crippen LogP contribution is -2.02. The Morgan fingerprint density at radius 2 is 1.48 bits per heavy atom. The van der Waals surface area contributed by atoms with Crippen LogP contribution in [0.4, 0.5) is 0 Å². The van der Waals surface area contributed by atoms with Gasteiger partial charge in [0.15, 0.2) is 0 Å². The monoisotopic (exact) mass is 334 g/mol. The topological polar surface area (TPSA) is 18.5 Å². The highest BCUT2D eigenvalue weighted by Gasteiger charge is 2.08. The van der Waals surface area contributed by atoms with Crippen LogP contribution in [0.2, 0.25) is 0 Å². The Hall–Kier alpha value is -1.41. The molecule has 2 aromatic rings. The number of unbranched alkanes of at least 4 members (excludes halogenated alkanes) is 1. The summed E-state index contributed by atoms with van der Waals surface area (Å²) in [5.41, 5.74) is 0. The maximum atomic E-state index is 6.14. The molecule has 0 saturated carbocycles. The van der Waals surface area contributed by atoms with E-state index < -0.39 is 0 Å². The van der Waals surface area contributed by atoms with Crippen LogP contribution in [0.1, 0.15) is 46.0 Å². The Labute approximate surface area is 144 Å². The number of rotatable bonds is 10. The molecular weight excluding hydrogens is 308 g/mol. The van der Waals surface area contributed by atoms with E-state index in [9.17, 15) is 0 Å². The van der Waals surface area contributed by atoms with Gasteiger partial charge in [0, 0.05) is 16.1 Å². The van der Waals surface area contributed by atoms with E-state index in [-0.39, 0.29) is 0 Å². The lowest BCUT2D eigenvalue weighted by atomic mass is 10.1. The fourth-order valence-electron chi connectivity index (χ4n) is 2.56. The third-order valence-electron chi connectivity index (χ3n) is 3.92. The zero-order chi connectivity index (χ0) is 16.5. The Bertz CT molecular complexity index is 597. The smallest absolute Gasteiger partial charge is 0.127 e. The molecule has 2 nitrogen and oxygen atoms in total. The average molecular weight is 335 g/mol. The van der Waals surface area contributed by atoms with Crippen LogP contribution in [0.25, 0.3) is 10.8 Å². The summed E-state index contributed by atoms with van der Waals surface area (Å²) < 4.78 is 11.8. The van der Waals surface area contributed by atoms with Crippen molar-refractivity contribution >= 4 is 22.4 Å². The number of fused-ring (bicyclic) bond motifs is 1. The van der Waals surface area contributed by atoms with Crippen molar-refractivity contribution in [1.82, 2.24) is 0 Å². The molecule has 0 aliphatic carbocycles. The Balaban J connectivity index is 1.98. The molecule has 0 fully saturated rings. The van der Waals surface area contributed by atoms with Crippen molar-refractivity contribution in [1.29, 1.82) is 0 Å². The van der Waals surface area contributed by atoms with Crippen molar-refractivity contribution in [3.05, 3.63) is 36.4 Å². The van der Waals surface area contributed by atoms with Crippen LogP contribution in [-0.4, -0.2) is 18.6 Å². The second kappa shape index (κ2) is 9.67. The Morgan fingerprint density at radius 1 is 0.870 bits per heavy atom. The van der Waals surface area contributed by atoms with Crippen molar-refractivity contribution < 1.29 is 9.47 Å². The van der Waals surface area contributed by atoms with Crippen molar-refractivity contribution in [2.45, 2.75) is 51.3 Å². The molecule has 0 N–H and O–H groups in total. The van der Waals surface area contributed by atoms with Crippen molar-refractivity contribution in [2.75, 3.05) is 13.2 Å². The molecule has 1 unspecified atom stereocenters. The highest BCUT2D eigenvalue weighted by molar-refractivity contribution is 6.20. The Morgan fingerprint density at radius 3 is 2.04 bits per heavy atom. The fourth-order valence-corrected chi connectivity index (χ4v) is 2.72. The quantitative estimate of drug-likeness (QED) is 0.380. The molecule has 1 atom stereocenters. The highest BCUT2D eigenvalue weighted by atomic mass is 35.5. The molecule has 0 aromatic heterocycles. The first-order valence-corrected chi connectivity index (χ1v) is 9.11. The molecule has 0 radical (unpaired) electrons. The van der Waals surface area contributed by atoms with Crippen LogP contribution < -0.4 is 9.47 Å². The van der Waals surface area contributed by atoms with Gasteiger partial charge in [0.1, 0.15) is 11.5 Å². The third-order valence-corrected chi connectivity index (χ3v) is 4.44. The predicted octanol–water partition coefficient (Wildman–Crippen LogP) is 6.20. The first-order chi connectivity index (χ1) is 11.3. The third kappa shape index (κ3) is 5.31. The van der Waals surface area contributed by atoms with Gasteiger partial charge in [-0.3, -0.25) is 0 Å². The summed E-state index contributed by atoms with van der Waals surface area (Å²) in [6.45, 7) is 5.71. The highest BCUT2D eigenvalue weighted by Crippen LogP contribution is 2.33. The number of halogens is 1. The predicted molar refractivity (Wildman–Crippen MR) is 99.0 cm³/mol. The second-order valence-electron chi connectivity index (χ2n) is 5.81. The summed E-state index contributed by atoms with van der Waals surface area (Å²) in [5.74, 6) is 1.87. The minimum atomic E-state index is 0.297. The van der Waals surface area contributed by atoms with Gasteiger partial charge in [0.2, 0.25) is 0 Å². The zero-order valence-electron chi connectivity index (χ0n) is 14.2. The van der Waals surface area contributed by atoms with E-state index in [0.29, 0.717) is 5.38 Å². The van der Waals surface area contributed by atoms with Gasteiger partial charge >= 0.3 is 0 Å². The van der Waals surface area contributed by atoms with Gasteiger partial charge in [-0.15, -0.1) is 11.6 Å². The fraction of sp³-hybridized carbons (Fsp3) is 0.500. The van der Waals surface area contributed by atoms with Crippen LogP contribution in [0.3, 0.4) is 0 Å². The van der Waals surface area contributed by atoms with Crippen LogP contribution in [0.15, 0.2) is 36.4 Å². The lowest BCUT2D eigenvalue weighted by molar-refractivity contribution is 0.305. The molecule has 0 bridgehead atoms. The Kier molecular flexibility index (Phi) is 7.54. The number of benzene rings is 2. The SMILES string of the molecule is CCCOc1ccc(OCCCCC(Cl)CC)c2ccccc12. The maximum absolute atomic E-state index is 6.14. The van der Waals surface area contributed by atoms with E-state index in [1.807, 2.05) is 24.3 Å². The minimum Gasteiger partial charge on any atom is -0.493 e. The number of ether oxygens (including phenoxy) is 2. The number of hydrogen-bond donors (Lipinski definition) is 0. The molecule has 2 rings (SSSR count). The molecule has 0 aliphatic heterocycles. The summed E-state index contributed by atoms with van der Waals surface area (Å²) in [7, 11) is 0. The molecule has 0 amide bonds. The van der Waals surface area contributed by atoms with Crippen LogP contribution in [-0.2, 0) is 0 Å². The van der Waals surface area contributed by atoms with Gasteiger partial charge in [-0.05, 0) is 44.2 Å². The van der Waals surface area contributed by atoms with E-state index in [1.165, 1.54) is 0 Å². The van der Waals surface area contributed by atoms with E-state index in [1.54, 1.807) is 0 Å². The number of hydrogen-bond acceptors (Lipinski definition) is 2. The van der Waals surface area contributed by atoms with Crippen molar-refractivity contribution in [2.24, 2.45) is 0 Å². The van der Waals surface area contributed by atoms with Gasteiger partial charge in [-0.2, -0.15) is 0 Å². The largest absolute Gasteiger partial charge is 0.493 e. The summed E-state index contributed by atoms with van der Waals surface area (Å²) in [6, 6.07) is 12.3. The van der Waals surface area contributed by atoms with Gasteiger partial charge in [-0.25, -0.2) is 0 Å². The molecule has 2 aromatic carbocycles. The minimum absolute atomic E-state index is 0.297. The van der Waals surface area contributed by atoms with E-state index in [4.69, 9.17) is 21.1 Å². The summed E-state index contributed by atoms with van der Waals surface area (Å²) in [6.07, 6.45) is 5.24. The molecule has 126 valence electrons. The zero-order valence-corrected chi connectivity index (χ0v) is 14.9. The molecule has 0 heterocycles. The van der Waals surface area contributed by atoms with Gasteiger partial charge in [0.25, 0.3) is 0 Å². The number of alkyl halides is 1. The normalized spacial score (nSPS) is 12.3. The van der Waals surface area contributed by atoms with Gasteiger partial charge in [-0.1, -0.05) is 38.1 Å². The van der Waals surface area contributed by atoms with E-state index in [2.05, 4.69) is 26.0 Å². The van der Waals surface area contributed by atoms with Crippen molar-refractivity contribution in [3.63, 3.8) is 0 Å². The molecule has 23 heavy (non-hydrogen) atoms. The van der Waals surface area contributed by atoms with Gasteiger partial charge in [0.05, 0.1) is 13.2 Å². The summed E-state index contributed by atoms with van der Waals surface area (Å²) >= 11 is 6.14. The van der Waals surface area contributed by atoms with Crippen LogP contribution in [0, 0.1) is 0 Å². The van der Waals surface area contributed by atoms with E-state index >= 15 is 0 Å². The summed E-state index contributed by atoms with van der Waals surface area (Å²) in [5, 5.41) is 2.53. The molecular formula is C20H27ClO2. The lowest BCUT2D eigenvalue weighted by Gasteiger charge is -2.13. The molecule has 0 aliphatic rings. The summed E-state index contributed by atoms with van der Waals surface area (Å²) in [4.78, 5) is 0. The van der Waals surface area contributed by atoms with Gasteiger partial charge < -0.3 is 9.47 Å². The first-order valence-electron chi connectivity index (χ1n) is 8.67. The van der Waals surface area contributed by atoms with E-state index in [0.717, 1.165) is 67.6 Å². The van der Waals surface area contributed by atoms with Crippen molar-refractivity contribution in [3.8, 4) is 11.5 Å². The molecule has 0 spiro atoms.